The van der Waals surface area contributed by atoms with Gasteiger partial charge in [0.15, 0.2) is 0 Å². The van der Waals surface area contributed by atoms with E-state index < -0.39 is 22.4 Å². The summed E-state index contributed by atoms with van der Waals surface area (Å²) in [6, 6.07) is 5.18. The van der Waals surface area contributed by atoms with Crippen LogP contribution in [-0.4, -0.2) is 45.9 Å². The minimum Gasteiger partial charge on any atom is -0.771 e. The van der Waals surface area contributed by atoms with Gasteiger partial charge >= 0.3 is 0 Å². The van der Waals surface area contributed by atoms with Crippen LogP contribution >= 0.6 is 0 Å². The highest BCUT2D eigenvalue weighted by Crippen LogP contribution is 2.33. The first-order valence-electron chi connectivity index (χ1n) is 8.61. The number of amides is 1. The fourth-order valence-electron chi connectivity index (χ4n) is 3.53. The molecule has 1 heterocycles. The maximum Gasteiger partial charge on any atom is 0.249 e. The molecule has 0 saturated carbocycles. The number of ether oxygens (including phenoxy) is 1. The molecule has 0 spiro atoms. The Bertz CT molecular complexity index is 698. The molecule has 0 bridgehead atoms. The van der Waals surface area contributed by atoms with Crippen LogP contribution in [0.3, 0.4) is 0 Å². The smallest absolute Gasteiger partial charge is 0.249 e. The van der Waals surface area contributed by atoms with Crippen molar-refractivity contribution in [3.63, 3.8) is 0 Å². The molecule has 2 aliphatic rings. The van der Waals surface area contributed by atoms with Gasteiger partial charge in [-0.3, -0.25) is 13.9 Å². The third-order valence-corrected chi connectivity index (χ3v) is 5.73. The van der Waals surface area contributed by atoms with Crippen LogP contribution in [0.5, 0.6) is 0 Å². The molecule has 2 atom stereocenters. The van der Waals surface area contributed by atoms with Crippen molar-refractivity contribution in [2.45, 2.75) is 31.1 Å². The molecule has 1 aromatic carbocycles. The molecule has 3 rings (SSSR count). The zero-order valence-electron chi connectivity index (χ0n) is 14.1. The number of rotatable bonds is 5. The molecule has 7 heteroatoms. The van der Waals surface area contributed by atoms with Crippen LogP contribution in [0.25, 0.3) is 5.57 Å². The highest BCUT2D eigenvalue weighted by Gasteiger charge is 2.25. The zero-order valence-corrected chi connectivity index (χ0v) is 14.9. The monoisotopic (exact) mass is 363 g/mol. The number of hydrogen-bond donors (Lipinski definition) is 1. The Balaban J connectivity index is 2.01. The highest BCUT2D eigenvalue weighted by atomic mass is 32.2. The Kier molecular flexibility index (Phi) is 6.01. The van der Waals surface area contributed by atoms with Gasteiger partial charge in [0.2, 0.25) is 5.91 Å². The Labute approximate surface area is 150 Å². The van der Waals surface area contributed by atoms with E-state index in [2.05, 4.69) is 6.08 Å². The van der Waals surface area contributed by atoms with Gasteiger partial charge in [0.05, 0.1) is 18.6 Å². The summed E-state index contributed by atoms with van der Waals surface area (Å²) in [5.41, 5.74) is 8.51. The number of allylic oxidation sites excluding steroid dienone is 2. The van der Waals surface area contributed by atoms with Crippen LogP contribution < -0.4 is 5.73 Å². The molecule has 25 heavy (non-hydrogen) atoms. The standard InChI is InChI=1S/C18H24N2O4S/c19-17(21)15-7-6-14(12-16(15)13-4-2-1-3-5-13)18(25(22)23)20-8-10-24-11-9-20/h4,6-7,12,18H,1-3,5,8-11H2,(H2,19,21)(H,22,23)/p-1. The maximum absolute atomic E-state index is 11.9. The van der Waals surface area contributed by atoms with Crippen LogP contribution in [0.15, 0.2) is 24.3 Å². The van der Waals surface area contributed by atoms with Crippen molar-refractivity contribution in [3.8, 4) is 0 Å². The molecule has 0 aromatic heterocycles. The van der Waals surface area contributed by atoms with Crippen molar-refractivity contribution in [2.24, 2.45) is 5.73 Å². The van der Waals surface area contributed by atoms with Crippen LogP contribution in [0.4, 0.5) is 0 Å². The van der Waals surface area contributed by atoms with Gasteiger partial charge in [-0.15, -0.1) is 0 Å². The number of carbonyl (C=O) groups is 1. The van der Waals surface area contributed by atoms with Crippen LogP contribution in [-0.2, 0) is 15.8 Å². The Hall–Kier alpha value is -1.54. The third kappa shape index (κ3) is 4.17. The predicted octanol–water partition coefficient (Wildman–Crippen LogP) is 1.95. The van der Waals surface area contributed by atoms with Gasteiger partial charge in [0.1, 0.15) is 0 Å². The third-order valence-electron chi connectivity index (χ3n) is 4.79. The number of morpholine rings is 1. The van der Waals surface area contributed by atoms with E-state index in [1.807, 2.05) is 11.0 Å². The van der Waals surface area contributed by atoms with Crippen LogP contribution in [0.2, 0.25) is 0 Å². The van der Waals surface area contributed by atoms with E-state index >= 15 is 0 Å². The first-order valence-corrected chi connectivity index (χ1v) is 9.75. The molecule has 1 fully saturated rings. The van der Waals surface area contributed by atoms with E-state index in [0.29, 0.717) is 37.4 Å². The number of hydrogen-bond acceptors (Lipinski definition) is 5. The number of carbonyl (C=O) groups excluding carboxylic acids is 1. The van der Waals surface area contributed by atoms with Gasteiger partial charge in [0, 0.05) is 18.7 Å². The Morgan fingerprint density at radius 1 is 1.28 bits per heavy atom. The van der Waals surface area contributed by atoms with Crippen molar-refractivity contribution >= 4 is 22.6 Å². The predicted molar refractivity (Wildman–Crippen MR) is 95.5 cm³/mol. The van der Waals surface area contributed by atoms with E-state index in [4.69, 9.17) is 10.5 Å². The van der Waals surface area contributed by atoms with Crippen molar-refractivity contribution < 1.29 is 18.3 Å². The molecule has 1 aliphatic carbocycles. The summed E-state index contributed by atoms with van der Waals surface area (Å²) in [7, 11) is 0. The van der Waals surface area contributed by atoms with Crippen LogP contribution in [0.1, 0.15) is 52.5 Å². The normalized spacial score (nSPS) is 21.4. The largest absolute Gasteiger partial charge is 0.771 e. The summed E-state index contributed by atoms with van der Waals surface area (Å²) in [4.78, 5) is 13.7. The number of nitrogens with two attached hydrogens (primary N) is 1. The lowest BCUT2D eigenvalue weighted by atomic mass is 9.89. The van der Waals surface area contributed by atoms with Gasteiger partial charge < -0.3 is 15.0 Å². The fraction of sp³-hybridized carbons (Fsp3) is 0.500. The Morgan fingerprint density at radius 3 is 2.64 bits per heavy atom. The second kappa shape index (κ2) is 8.23. The van der Waals surface area contributed by atoms with Crippen molar-refractivity contribution in [2.75, 3.05) is 26.3 Å². The molecule has 1 aromatic rings. The van der Waals surface area contributed by atoms with E-state index in [0.717, 1.165) is 36.8 Å². The minimum absolute atomic E-state index is 0.453. The van der Waals surface area contributed by atoms with Crippen molar-refractivity contribution in [1.29, 1.82) is 0 Å². The molecule has 2 N–H and O–H groups in total. The summed E-state index contributed by atoms with van der Waals surface area (Å²) in [6.07, 6.45) is 6.18. The maximum atomic E-state index is 11.9. The minimum atomic E-state index is -2.30. The average Bonchev–Trinajstić information content (AvgIpc) is 2.63. The van der Waals surface area contributed by atoms with Crippen molar-refractivity contribution in [3.05, 3.63) is 41.0 Å². The molecule has 1 saturated heterocycles. The summed E-state index contributed by atoms with van der Waals surface area (Å²) in [5.74, 6) is -0.487. The second-order valence-electron chi connectivity index (χ2n) is 6.41. The average molecular weight is 363 g/mol. The molecular formula is C18H23N2O4S-. The van der Waals surface area contributed by atoms with E-state index in [9.17, 15) is 13.6 Å². The SMILES string of the molecule is NC(=O)c1ccc(C(N2CCOCC2)S(=O)[O-])cc1C1=CCCCC1. The molecule has 1 amide bonds. The lowest BCUT2D eigenvalue weighted by molar-refractivity contribution is 0.0305. The molecule has 2 unspecified atom stereocenters. The van der Waals surface area contributed by atoms with Gasteiger partial charge in [0.25, 0.3) is 0 Å². The molecular weight excluding hydrogens is 340 g/mol. The van der Waals surface area contributed by atoms with E-state index in [1.165, 1.54) is 0 Å². The van der Waals surface area contributed by atoms with Crippen LogP contribution in [0, 0.1) is 0 Å². The molecule has 0 radical (unpaired) electrons. The van der Waals surface area contributed by atoms with Gasteiger partial charge in [-0.2, -0.15) is 0 Å². The highest BCUT2D eigenvalue weighted by molar-refractivity contribution is 7.79. The summed E-state index contributed by atoms with van der Waals surface area (Å²) < 4.78 is 29.2. The Morgan fingerprint density at radius 2 is 2.04 bits per heavy atom. The summed E-state index contributed by atoms with van der Waals surface area (Å²) in [5, 5.41) is -0.742. The quantitative estimate of drug-likeness (QED) is 0.807. The van der Waals surface area contributed by atoms with E-state index in [-0.39, 0.29) is 0 Å². The molecule has 136 valence electrons. The fourth-order valence-corrected chi connectivity index (χ4v) is 4.36. The van der Waals surface area contributed by atoms with Gasteiger partial charge in [-0.25, -0.2) is 0 Å². The van der Waals surface area contributed by atoms with Crippen molar-refractivity contribution in [1.82, 2.24) is 4.90 Å². The number of benzene rings is 1. The van der Waals surface area contributed by atoms with Gasteiger partial charge in [-0.05, 0) is 65.6 Å². The first kappa shape index (κ1) is 18.3. The first-order chi connectivity index (χ1) is 12.1. The van der Waals surface area contributed by atoms with Gasteiger partial charge in [-0.1, -0.05) is 12.1 Å². The lowest BCUT2D eigenvalue weighted by Gasteiger charge is -2.36. The zero-order chi connectivity index (χ0) is 17.8. The number of nitrogens with zero attached hydrogens (tertiary/aromatic N) is 1. The lowest BCUT2D eigenvalue weighted by Crippen LogP contribution is -2.40. The summed E-state index contributed by atoms with van der Waals surface area (Å²) >= 11 is -2.30. The number of primary amides is 1. The topological polar surface area (TPSA) is 95.7 Å². The summed E-state index contributed by atoms with van der Waals surface area (Å²) in [6.45, 7) is 2.17. The second-order valence-corrected chi connectivity index (χ2v) is 7.37. The molecule has 6 nitrogen and oxygen atoms in total. The molecule has 1 aliphatic heterocycles. The van der Waals surface area contributed by atoms with E-state index in [1.54, 1.807) is 12.1 Å².